The average molecular weight is 540 g/mol. The Morgan fingerprint density at radius 1 is 1.25 bits per heavy atom. The summed E-state index contributed by atoms with van der Waals surface area (Å²) in [6.07, 6.45) is 1.74. The van der Waals surface area contributed by atoms with Gasteiger partial charge in [-0.15, -0.1) is 0 Å². The van der Waals surface area contributed by atoms with Crippen molar-refractivity contribution in [2.75, 3.05) is 34.0 Å². The van der Waals surface area contributed by atoms with E-state index in [-0.39, 0.29) is 12.5 Å². The number of amides is 1. The van der Waals surface area contributed by atoms with Crippen LogP contribution >= 0.6 is 39.3 Å². The SMILES string of the molecule is COCCN1C(=O)C(=Cc2cc(Cl)c(OCC(=O)OC)c(Br)c2)SC1=Nc1ccccc1. The van der Waals surface area contributed by atoms with Crippen LogP contribution in [-0.4, -0.2) is 55.9 Å². The molecule has 1 fully saturated rings. The number of esters is 1. The lowest BCUT2D eigenvalue weighted by Gasteiger charge is -2.14. The minimum atomic E-state index is -0.520. The van der Waals surface area contributed by atoms with Crippen molar-refractivity contribution < 1.29 is 23.8 Å². The number of benzene rings is 2. The first-order valence-corrected chi connectivity index (χ1v) is 11.4. The predicted molar refractivity (Wildman–Crippen MR) is 129 cm³/mol. The van der Waals surface area contributed by atoms with E-state index in [1.54, 1.807) is 30.2 Å². The van der Waals surface area contributed by atoms with Gasteiger partial charge >= 0.3 is 5.97 Å². The number of hydrogen-bond donors (Lipinski definition) is 0. The van der Waals surface area contributed by atoms with Crippen LogP contribution in [-0.2, 0) is 19.1 Å². The monoisotopic (exact) mass is 538 g/mol. The highest BCUT2D eigenvalue weighted by Gasteiger charge is 2.33. The van der Waals surface area contributed by atoms with Gasteiger partial charge in [0.05, 0.1) is 40.3 Å². The van der Waals surface area contributed by atoms with Gasteiger partial charge in [0.25, 0.3) is 5.91 Å². The lowest BCUT2D eigenvalue weighted by molar-refractivity contribution is -0.142. The number of carbonyl (C=O) groups is 2. The number of halogens is 2. The predicted octanol–water partition coefficient (Wildman–Crippen LogP) is 4.90. The van der Waals surface area contributed by atoms with Crippen LogP contribution in [0.5, 0.6) is 5.75 Å². The number of hydrogen-bond acceptors (Lipinski definition) is 7. The molecule has 32 heavy (non-hydrogen) atoms. The maximum atomic E-state index is 13.0. The summed E-state index contributed by atoms with van der Waals surface area (Å²) in [5.41, 5.74) is 1.44. The van der Waals surface area contributed by atoms with Gasteiger partial charge in [-0.1, -0.05) is 29.8 Å². The van der Waals surface area contributed by atoms with Crippen LogP contribution < -0.4 is 4.74 Å². The number of rotatable bonds is 8. The van der Waals surface area contributed by atoms with Gasteiger partial charge in [-0.05, 0) is 63.6 Å². The molecule has 2 aromatic carbocycles. The van der Waals surface area contributed by atoms with Crippen molar-refractivity contribution in [2.24, 2.45) is 4.99 Å². The Hall–Kier alpha value is -2.33. The van der Waals surface area contributed by atoms with Crippen LogP contribution in [0.1, 0.15) is 5.56 Å². The molecular weight excluding hydrogens is 520 g/mol. The first-order chi connectivity index (χ1) is 15.4. The number of carbonyl (C=O) groups excluding carboxylic acids is 2. The highest BCUT2D eigenvalue weighted by molar-refractivity contribution is 9.10. The highest BCUT2D eigenvalue weighted by Crippen LogP contribution is 2.38. The molecule has 1 aliphatic rings. The summed E-state index contributed by atoms with van der Waals surface area (Å²) in [5, 5.41) is 0.868. The third-order valence-corrected chi connectivity index (χ3v) is 6.14. The van der Waals surface area contributed by atoms with E-state index in [9.17, 15) is 9.59 Å². The Morgan fingerprint density at radius 3 is 2.66 bits per heavy atom. The maximum Gasteiger partial charge on any atom is 0.343 e. The van der Waals surface area contributed by atoms with E-state index in [2.05, 4.69) is 25.7 Å². The number of thioether (sulfide) groups is 1. The van der Waals surface area contributed by atoms with E-state index in [0.717, 1.165) is 5.69 Å². The van der Waals surface area contributed by atoms with Gasteiger partial charge in [0.1, 0.15) is 0 Å². The molecule has 3 rings (SSSR count). The van der Waals surface area contributed by atoms with Crippen molar-refractivity contribution in [3.05, 3.63) is 62.4 Å². The summed E-state index contributed by atoms with van der Waals surface area (Å²) in [6, 6.07) is 12.8. The number of aliphatic imine (C=N–C) groups is 1. The molecule has 0 atom stereocenters. The van der Waals surface area contributed by atoms with Gasteiger partial charge < -0.3 is 14.2 Å². The van der Waals surface area contributed by atoms with Crippen LogP contribution in [0.25, 0.3) is 6.08 Å². The molecule has 2 aromatic rings. The van der Waals surface area contributed by atoms with Gasteiger partial charge in [0.2, 0.25) is 0 Å². The normalized spacial score (nSPS) is 16.1. The molecule has 0 bridgehead atoms. The molecule has 0 aliphatic carbocycles. The van der Waals surface area contributed by atoms with Crippen LogP contribution in [0.2, 0.25) is 5.02 Å². The first kappa shape index (κ1) is 24.3. The van der Waals surface area contributed by atoms with Crippen molar-refractivity contribution in [3.63, 3.8) is 0 Å². The third kappa shape index (κ3) is 6.13. The molecule has 0 aromatic heterocycles. The molecule has 0 N–H and O–H groups in total. The Bertz CT molecular complexity index is 1040. The summed E-state index contributed by atoms with van der Waals surface area (Å²) in [7, 11) is 2.86. The number of amidine groups is 1. The fraction of sp³-hybridized carbons (Fsp3) is 0.227. The molecule has 168 valence electrons. The van der Waals surface area contributed by atoms with Crippen molar-refractivity contribution in [1.82, 2.24) is 4.90 Å². The Kier molecular flexibility index (Phi) is 8.75. The standard InChI is InChI=1S/C22H20BrClN2O5S/c1-29-9-8-26-21(28)18(32-22(26)25-15-6-4-3-5-7-15)12-14-10-16(23)20(17(24)11-14)31-13-19(27)30-2/h3-7,10-12H,8-9,13H2,1-2H3. The number of para-hydroxylation sites is 1. The second-order valence-electron chi connectivity index (χ2n) is 6.47. The van der Waals surface area contributed by atoms with Crippen LogP contribution in [0.4, 0.5) is 5.69 Å². The summed E-state index contributed by atoms with van der Waals surface area (Å²) in [5.74, 6) is -0.369. The van der Waals surface area contributed by atoms with Crippen molar-refractivity contribution in [3.8, 4) is 5.75 Å². The van der Waals surface area contributed by atoms with Gasteiger partial charge in [-0.25, -0.2) is 9.79 Å². The van der Waals surface area contributed by atoms with Crippen molar-refractivity contribution in [2.45, 2.75) is 0 Å². The molecule has 7 nitrogen and oxygen atoms in total. The van der Waals surface area contributed by atoms with Crippen molar-refractivity contribution >= 4 is 68.1 Å². The molecule has 1 heterocycles. The average Bonchev–Trinajstić information content (AvgIpc) is 3.06. The largest absolute Gasteiger partial charge is 0.479 e. The van der Waals surface area contributed by atoms with Crippen molar-refractivity contribution in [1.29, 1.82) is 0 Å². The fourth-order valence-corrected chi connectivity index (χ4v) is 4.74. The van der Waals surface area contributed by atoms with E-state index in [0.29, 0.717) is 44.0 Å². The van der Waals surface area contributed by atoms with E-state index in [1.807, 2.05) is 30.3 Å². The summed E-state index contributed by atoms with van der Waals surface area (Å²) in [4.78, 5) is 31.1. The first-order valence-electron chi connectivity index (χ1n) is 9.45. The number of nitrogens with zero attached hydrogens (tertiary/aromatic N) is 2. The van der Waals surface area contributed by atoms with Crippen LogP contribution in [0.15, 0.2) is 56.8 Å². The topological polar surface area (TPSA) is 77.4 Å². The van der Waals surface area contributed by atoms with Crippen LogP contribution in [0.3, 0.4) is 0 Å². The highest BCUT2D eigenvalue weighted by atomic mass is 79.9. The second kappa shape index (κ2) is 11.5. The van der Waals surface area contributed by atoms with Gasteiger partial charge in [0, 0.05) is 7.11 Å². The zero-order chi connectivity index (χ0) is 23.1. The summed E-state index contributed by atoms with van der Waals surface area (Å²) >= 11 is 11.0. The fourth-order valence-electron chi connectivity index (χ4n) is 2.73. The Balaban J connectivity index is 1.88. The molecule has 0 radical (unpaired) electrons. The molecule has 1 saturated heterocycles. The molecular formula is C22H20BrClN2O5S. The van der Waals surface area contributed by atoms with Crippen LogP contribution in [0, 0.1) is 0 Å². The molecule has 0 saturated carbocycles. The number of methoxy groups -OCH3 is 2. The molecule has 0 unspecified atom stereocenters. The molecule has 1 aliphatic heterocycles. The molecule has 10 heteroatoms. The summed E-state index contributed by atoms with van der Waals surface area (Å²) < 4.78 is 15.7. The maximum absolute atomic E-state index is 13.0. The zero-order valence-electron chi connectivity index (χ0n) is 17.3. The molecule has 0 spiro atoms. The quantitative estimate of drug-likeness (QED) is 0.351. The van der Waals surface area contributed by atoms with E-state index >= 15 is 0 Å². The lowest BCUT2D eigenvalue weighted by atomic mass is 10.2. The Labute approximate surface area is 203 Å². The lowest BCUT2D eigenvalue weighted by Crippen LogP contribution is -2.32. The Morgan fingerprint density at radius 2 is 2.00 bits per heavy atom. The number of ether oxygens (including phenoxy) is 3. The second-order valence-corrected chi connectivity index (χ2v) is 8.74. The van der Waals surface area contributed by atoms with Gasteiger partial charge in [-0.2, -0.15) is 0 Å². The van der Waals surface area contributed by atoms with E-state index in [4.69, 9.17) is 21.1 Å². The minimum absolute atomic E-state index is 0.167. The molecule has 1 amide bonds. The minimum Gasteiger partial charge on any atom is -0.479 e. The zero-order valence-corrected chi connectivity index (χ0v) is 20.5. The third-order valence-electron chi connectivity index (χ3n) is 4.27. The van der Waals surface area contributed by atoms with Gasteiger partial charge in [-0.3, -0.25) is 9.69 Å². The van der Waals surface area contributed by atoms with Gasteiger partial charge in [0.15, 0.2) is 17.5 Å². The van der Waals surface area contributed by atoms with E-state index < -0.39 is 5.97 Å². The van der Waals surface area contributed by atoms with E-state index in [1.165, 1.54) is 18.9 Å². The summed E-state index contributed by atoms with van der Waals surface area (Å²) in [6.45, 7) is 0.504. The smallest absolute Gasteiger partial charge is 0.343 e.